The van der Waals surface area contributed by atoms with Crippen molar-refractivity contribution in [2.45, 2.75) is 333 Å². The van der Waals surface area contributed by atoms with Crippen molar-refractivity contribution in [2.75, 3.05) is 19.6 Å². The fourth-order valence-corrected chi connectivity index (χ4v) is 19.6. The first-order chi connectivity index (χ1) is 63.8. The molecule has 0 spiro atoms. The number of alkyl carbamates (subject to hydrolysis) is 3. The van der Waals surface area contributed by atoms with Crippen LogP contribution in [0.4, 0.5) is 14.4 Å². The molecule has 8 aliphatic rings. The Kier molecular flexibility index (Phi) is 30.9. The first-order valence-corrected chi connectivity index (χ1v) is 48.8. The number of allylic oxidation sites excluding steroid dienone is 4. The first-order valence-electron chi connectivity index (χ1n) is 47.0. The van der Waals surface area contributed by atoms with Crippen molar-refractivity contribution in [1.82, 2.24) is 91.6 Å². The Morgan fingerprint density at radius 2 is 1.07 bits per heavy atom. The fraction of sp³-hybridized carbons (Fsp3) is 0.588. The molecule has 7 aromatic rings. The van der Waals surface area contributed by atoms with Gasteiger partial charge in [0, 0.05) is 55.2 Å². The number of likely N-dealkylation sites (tertiary alicyclic amines) is 1. The lowest BCUT2D eigenvalue weighted by Crippen LogP contribution is -2.56. The molecular weight excluding hydrogens is 1820 g/mol. The third kappa shape index (κ3) is 24.0. The summed E-state index contributed by atoms with van der Waals surface area (Å²) in [6.45, 7) is 28.1. The highest BCUT2D eigenvalue weighted by Gasteiger charge is 2.63. The standard InChI is InChI=1S/C35H44N6O6S.C32H45BrN6O6.C30H40N6O6/c1-20-21(2)29-27(16-25(20)22-13-14-48-19-22)38-41(39-29)24-15-28-30(42)37-35(32(44)45)17-23(35)11-9-7-6-8-10-12-26(31(43)40(28)18-24)36-33(46)47-34(3,4)5;1-7-8-9-10-11-12-13-23(34-30(44)45-31(4,5)6)28(41)38-18-21(16-25(38)27(40)35-32(14-15-32)29(42)43)39-36-24-17-22(33)19(2)20(3)26(24)37-39;1-18-12-13-21-23(14-18)34-36(33-21)20-15-24-25(37)32-30(27(39)40)16-19(30)10-8-6-5-7-9-11-22(26(38)35(24)17-20)31-28(41)42-29(2,3)4/h9,11,13-14,16,19,23-24,26,28H,6-8,10,12,15,17-18H2,1-5H3,(H,36,46)(H,37,42)(H,44,45);7-8,17,21,23,25H,9-16,18H2,1-6H3,(H,34,44)(H,35,40)(H,42,43);8,10,12-14,19-20,22,24H,5-7,9,11,15-17H2,1-4H3,(H,31,41)(H,32,37)(H,39,40)/b11-9-;8-7-;10-8-/t23-,24+,26-,28+,35+;21-,23+,25-;19-,20+,22-,24+,30+/m101/s1. The number of carboxylic acid groups (broad SMARTS) is 3. The van der Waals surface area contributed by atoms with E-state index < -0.39 is 159 Å². The van der Waals surface area contributed by atoms with E-state index >= 15 is 0 Å². The predicted octanol–water partition coefficient (Wildman–Crippen LogP) is 13.7. The van der Waals surface area contributed by atoms with Gasteiger partial charge in [-0.2, -0.15) is 56.3 Å². The number of nitrogens with zero attached hydrogens (tertiary/aromatic N) is 12. The number of ether oxygens (including phenoxy) is 3. The molecule has 38 heteroatoms. The lowest BCUT2D eigenvalue weighted by molar-refractivity contribution is -0.146. The van der Waals surface area contributed by atoms with E-state index in [0.29, 0.717) is 79.9 Å². The number of hydrogen-bond donors (Lipinski definition) is 9. The summed E-state index contributed by atoms with van der Waals surface area (Å²) in [5.74, 6) is -6.81. The lowest BCUT2D eigenvalue weighted by atomic mass is 9.98. The van der Waals surface area contributed by atoms with Gasteiger partial charge < -0.3 is 76.1 Å². The Balaban J connectivity index is 0.000000172. The minimum absolute atomic E-state index is 0.114. The minimum atomic E-state index is -1.42. The number of nitrogens with one attached hydrogen (secondary N) is 6. The second-order valence-electron chi connectivity index (χ2n) is 40.2. The normalized spacial score (nSPS) is 25.5. The van der Waals surface area contributed by atoms with Crippen LogP contribution in [-0.2, 0) is 57.4 Å². The Hall–Kier alpha value is -11.7. The highest BCUT2D eigenvalue weighted by molar-refractivity contribution is 9.10. The number of carbonyl (C=O) groups excluding carboxylic acids is 9. The molecule has 9 N–H and O–H groups in total. The summed E-state index contributed by atoms with van der Waals surface area (Å²) in [7, 11) is 0. The second-order valence-corrected chi connectivity index (χ2v) is 41.9. The molecule has 9 heterocycles. The van der Waals surface area contributed by atoms with Gasteiger partial charge in [0.05, 0.1) is 18.1 Å². The van der Waals surface area contributed by atoms with Crippen LogP contribution in [0, 0.1) is 46.5 Å². The lowest BCUT2D eigenvalue weighted by Gasteiger charge is -2.30. The highest BCUT2D eigenvalue weighted by Crippen LogP contribution is 2.48. The van der Waals surface area contributed by atoms with Crippen LogP contribution in [-0.4, -0.2) is 236 Å². The molecule has 6 fully saturated rings. The maximum atomic E-state index is 14.3. The number of thiophene rings is 1. The van der Waals surface area contributed by atoms with Gasteiger partial charge in [-0.15, -0.1) is 0 Å². The third-order valence-electron chi connectivity index (χ3n) is 26.4. The number of fused-ring (bicyclic) bond motifs is 7. The van der Waals surface area contributed by atoms with Gasteiger partial charge in [-0.1, -0.05) is 97.0 Å². The van der Waals surface area contributed by atoms with Crippen LogP contribution in [0.5, 0.6) is 0 Å². The number of halogens is 1. The summed E-state index contributed by atoms with van der Waals surface area (Å²) < 4.78 is 17.3. The van der Waals surface area contributed by atoms with Crippen molar-refractivity contribution in [1.29, 1.82) is 0 Å². The minimum Gasteiger partial charge on any atom is -0.480 e. The SMILES string of the molecule is C/C=C\CCCCC[C@@H](NC(=O)OC(C)(C)C)C(=O)N1C[C@@H](n2nc3cc(Br)c(C)c(C)c3n2)C[C@H]1C(=O)NC1(C(=O)O)CC1.Cc1c(-c2ccsc2)cc2nn([C@H]3C[C@H]4C(=O)N[C@@]5(C(=O)O)C[C@H]5/C=C\CCCCC[C@@H](NC(=O)OC(C)(C)C)C(=O)N4C3)nc2c1C.Cc1ccc2nn([C@H]3C[C@H]4C(=O)N[C@@]5(C(=O)O)C[C@H]5/C=C\CCCCC[C@@H](NC(=O)OC(C)(C)C)C(=O)N4C3)nc2c1. The molecule has 3 aromatic carbocycles. The maximum absolute atomic E-state index is 14.3. The Morgan fingerprint density at radius 1 is 0.570 bits per heavy atom. The molecule has 3 saturated heterocycles. The van der Waals surface area contributed by atoms with E-state index in [4.69, 9.17) is 34.6 Å². The molecular formula is C97H129BrN18O18S. The van der Waals surface area contributed by atoms with E-state index in [0.717, 1.165) is 112 Å². The van der Waals surface area contributed by atoms with E-state index in [-0.39, 0.29) is 57.2 Å². The van der Waals surface area contributed by atoms with Crippen LogP contribution in [0.2, 0.25) is 0 Å². The zero-order valence-corrected chi connectivity index (χ0v) is 82.1. The predicted molar refractivity (Wildman–Crippen MR) is 508 cm³/mol. The summed E-state index contributed by atoms with van der Waals surface area (Å²) in [6.07, 6.45) is 22.2. The van der Waals surface area contributed by atoms with Crippen LogP contribution < -0.4 is 31.9 Å². The third-order valence-corrected chi connectivity index (χ3v) is 28.0. The molecule has 4 aromatic heterocycles. The number of hydrogen-bond acceptors (Lipinski definition) is 22. The van der Waals surface area contributed by atoms with E-state index in [2.05, 4.69) is 82.5 Å². The number of rotatable bonds is 19. The van der Waals surface area contributed by atoms with Crippen molar-refractivity contribution in [3.05, 3.63) is 116 Å². The molecule has 13 atom stereocenters. The van der Waals surface area contributed by atoms with Crippen LogP contribution >= 0.6 is 27.3 Å². The smallest absolute Gasteiger partial charge is 0.408 e. The molecule has 9 amide bonds. The van der Waals surface area contributed by atoms with Gasteiger partial charge in [-0.3, -0.25) is 28.8 Å². The topological polar surface area (TPSA) is 467 Å². The van der Waals surface area contributed by atoms with Crippen LogP contribution in [0.15, 0.2) is 88.1 Å². The monoisotopic (exact) mass is 1940 g/mol. The molecule has 15 rings (SSSR count). The number of amides is 9. The molecule has 5 aliphatic heterocycles. The van der Waals surface area contributed by atoms with Gasteiger partial charge in [0.25, 0.3) is 0 Å². The highest BCUT2D eigenvalue weighted by atomic mass is 79.9. The molecule has 135 heavy (non-hydrogen) atoms. The largest absolute Gasteiger partial charge is 0.480 e. The van der Waals surface area contributed by atoms with E-state index in [1.54, 1.807) is 88.0 Å². The molecule has 0 unspecified atom stereocenters. The van der Waals surface area contributed by atoms with E-state index in [9.17, 15) is 72.9 Å². The quantitative estimate of drug-likeness (QED) is 0.0206. The summed E-state index contributed by atoms with van der Waals surface area (Å²) in [5, 5.41) is 79.0. The van der Waals surface area contributed by atoms with Crippen LogP contribution in [0.1, 0.15) is 256 Å². The number of aliphatic carboxylic acids is 3. The van der Waals surface area contributed by atoms with Crippen LogP contribution in [0.3, 0.4) is 0 Å². The van der Waals surface area contributed by atoms with Crippen molar-refractivity contribution in [3.8, 4) is 11.1 Å². The molecule has 3 saturated carbocycles. The average molecular weight is 1950 g/mol. The number of benzene rings is 3. The fourth-order valence-electron chi connectivity index (χ4n) is 18.4. The van der Waals surface area contributed by atoms with E-state index in [1.165, 1.54) is 14.7 Å². The molecule has 728 valence electrons. The molecule has 0 bridgehead atoms. The summed E-state index contributed by atoms with van der Waals surface area (Å²) in [5.41, 5.74) is 5.19. The average Bonchev–Trinajstić information content (AvgIpc) is 1.58. The van der Waals surface area contributed by atoms with Gasteiger partial charge in [0.1, 0.15) is 103 Å². The van der Waals surface area contributed by atoms with Gasteiger partial charge in [-0.25, -0.2) is 28.8 Å². The van der Waals surface area contributed by atoms with Gasteiger partial charge in [0.2, 0.25) is 35.4 Å². The molecule has 3 aliphatic carbocycles. The maximum Gasteiger partial charge on any atom is 0.408 e. The van der Waals surface area contributed by atoms with Crippen molar-refractivity contribution in [2.24, 2.45) is 11.8 Å². The van der Waals surface area contributed by atoms with E-state index in [1.807, 2.05) is 101 Å². The number of aryl methyl sites for hydroxylation is 3. The van der Waals surface area contributed by atoms with Crippen molar-refractivity contribution < 1.29 is 87.1 Å². The summed E-state index contributed by atoms with van der Waals surface area (Å²) in [6, 6.07) is 4.68. The summed E-state index contributed by atoms with van der Waals surface area (Å²) >= 11 is 5.20. The summed E-state index contributed by atoms with van der Waals surface area (Å²) in [4.78, 5) is 168. The van der Waals surface area contributed by atoms with Gasteiger partial charge >= 0.3 is 36.2 Å². The zero-order chi connectivity index (χ0) is 97.7. The number of aromatic nitrogens is 9. The zero-order valence-electron chi connectivity index (χ0n) is 79.7. The number of carbonyl (C=O) groups is 12. The number of unbranched alkanes of at least 4 members (excludes halogenated alkanes) is 3. The Bertz CT molecular complexity index is 5740. The van der Waals surface area contributed by atoms with Gasteiger partial charge in [0.15, 0.2) is 0 Å². The second kappa shape index (κ2) is 41.5. The Morgan fingerprint density at radius 3 is 1.56 bits per heavy atom. The Labute approximate surface area is 797 Å². The first kappa shape index (κ1) is 101. The van der Waals surface area contributed by atoms with Crippen molar-refractivity contribution in [3.63, 3.8) is 0 Å². The van der Waals surface area contributed by atoms with Gasteiger partial charge in [-0.05, 0) is 267 Å². The molecule has 0 radical (unpaired) electrons. The number of carboxylic acids is 3. The van der Waals surface area contributed by atoms with Crippen LogP contribution in [0.25, 0.3) is 44.2 Å². The molecule has 36 nitrogen and oxygen atoms in total. The van der Waals surface area contributed by atoms with Crippen molar-refractivity contribution >= 4 is 132 Å².